The van der Waals surface area contributed by atoms with E-state index in [-0.39, 0.29) is 42.1 Å². The van der Waals surface area contributed by atoms with Gasteiger partial charge in [-0.3, -0.25) is 4.79 Å². The van der Waals surface area contributed by atoms with Crippen molar-refractivity contribution in [3.8, 4) is 11.5 Å². The molecule has 2 rings (SSSR count). The molecule has 1 unspecified atom stereocenters. The van der Waals surface area contributed by atoms with Gasteiger partial charge in [0.05, 0.1) is 18.3 Å². The van der Waals surface area contributed by atoms with E-state index in [9.17, 15) is 35.4 Å². The van der Waals surface area contributed by atoms with Gasteiger partial charge >= 0.3 is 0 Å². The summed E-state index contributed by atoms with van der Waals surface area (Å²) in [6, 6.07) is 4.28. The van der Waals surface area contributed by atoms with Gasteiger partial charge in [-0.15, -0.1) is 0 Å². The predicted octanol–water partition coefficient (Wildman–Crippen LogP) is 3.39. The van der Waals surface area contributed by atoms with Gasteiger partial charge in [0.15, 0.2) is 11.5 Å². The third-order valence-corrected chi connectivity index (χ3v) is 7.21. The van der Waals surface area contributed by atoms with Crippen LogP contribution >= 0.6 is 0 Å². The van der Waals surface area contributed by atoms with Crippen LogP contribution in [-0.4, -0.2) is 73.0 Å². The first-order chi connectivity index (χ1) is 17.6. The molecular weight excluding hydrogens is 474 g/mol. The van der Waals surface area contributed by atoms with Crippen LogP contribution in [0.4, 0.5) is 0 Å². The molecule has 6 N–H and O–H groups in total. The molecule has 1 aromatic rings. The van der Waals surface area contributed by atoms with Crippen molar-refractivity contribution in [3.05, 3.63) is 48.1 Å². The number of amides is 1. The first-order valence-electron chi connectivity index (χ1n) is 13.5. The third kappa shape index (κ3) is 10.1. The maximum atomic E-state index is 12.4. The lowest BCUT2D eigenvalue weighted by atomic mass is 9.89. The van der Waals surface area contributed by atoms with Gasteiger partial charge in [-0.05, 0) is 49.3 Å². The minimum Gasteiger partial charge on any atom is -0.504 e. The normalized spacial score (nSPS) is 23.6. The number of carbonyl (C=O) groups is 1. The Balaban J connectivity index is 1.74. The molecule has 0 bridgehead atoms. The van der Waals surface area contributed by atoms with E-state index >= 15 is 0 Å². The molecule has 1 aliphatic carbocycles. The number of phenols is 2. The van der Waals surface area contributed by atoms with E-state index in [0.29, 0.717) is 37.7 Å². The van der Waals surface area contributed by atoms with Crippen molar-refractivity contribution in [2.45, 2.75) is 95.7 Å². The van der Waals surface area contributed by atoms with Crippen molar-refractivity contribution in [1.29, 1.82) is 0 Å². The number of carbonyl (C=O) groups excluding carboxylic acids is 1. The van der Waals surface area contributed by atoms with Gasteiger partial charge in [0.25, 0.3) is 0 Å². The van der Waals surface area contributed by atoms with E-state index in [2.05, 4.69) is 6.92 Å². The molecule has 0 aliphatic heterocycles. The van der Waals surface area contributed by atoms with Crippen LogP contribution in [0.15, 0.2) is 42.5 Å². The number of hydrogen-bond donors (Lipinski definition) is 6. The smallest absolute Gasteiger partial charge is 0.224 e. The standard InChI is InChI=1S/C29H45NO7/c1-3-4-7-10-21(31)14-15-23-22(25(33)19-26(23)34)11-8-5-6-9-12-28(36)30(2)29(37)18-20-13-16-24(32)27(35)17-20/h5,8,13-17,21-23,25-26,29,31-35,37H,3-4,6-7,9-12,18-19H2,1-2H3/b8-5-,15-14+/t21-,22+,23+,25-,26+,29?/m0/s1. The SMILES string of the molecule is CCCCC[C@H](O)/C=C/[C@@H]1[C@@H](C/C=C\CCCC(=O)N(C)C(O)Cc2ccc(O)c(O)c2)[C@@H](O)C[C@H]1O. The van der Waals surface area contributed by atoms with Crippen molar-refractivity contribution < 1.29 is 35.4 Å². The van der Waals surface area contributed by atoms with Crippen LogP contribution in [0, 0.1) is 11.8 Å². The van der Waals surface area contributed by atoms with Gasteiger partial charge in [-0.1, -0.05) is 56.6 Å². The minimum atomic E-state index is -1.04. The first-order valence-corrected chi connectivity index (χ1v) is 13.5. The monoisotopic (exact) mass is 519 g/mol. The summed E-state index contributed by atoms with van der Waals surface area (Å²) in [5, 5.41) is 60.2. The minimum absolute atomic E-state index is 0.118. The van der Waals surface area contributed by atoms with E-state index in [4.69, 9.17) is 0 Å². The Kier molecular flexibility index (Phi) is 13.1. The molecule has 208 valence electrons. The second kappa shape index (κ2) is 15.8. The van der Waals surface area contributed by atoms with Crippen LogP contribution in [0.3, 0.4) is 0 Å². The highest BCUT2D eigenvalue weighted by molar-refractivity contribution is 5.76. The predicted molar refractivity (Wildman–Crippen MR) is 143 cm³/mol. The second-order valence-electron chi connectivity index (χ2n) is 10.2. The fourth-order valence-corrected chi connectivity index (χ4v) is 4.79. The largest absolute Gasteiger partial charge is 0.504 e. The highest BCUT2D eigenvalue weighted by Crippen LogP contribution is 2.36. The Hall–Kier alpha value is -2.39. The number of aliphatic hydroxyl groups is 4. The molecular formula is C29H45NO7. The van der Waals surface area contributed by atoms with Gasteiger partial charge in [-0.25, -0.2) is 0 Å². The Morgan fingerprint density at radius 3 is 2.54 bits per heavy atom. The number of benzene rings is 1. The van der Waals surface area contributed by atoms with E-state index in [1.807, 2.05) is 18.2 Å². The Morgan fingerprint density at radius 2 is 1.84 bits per heavy atom. The van der Waals surface area contributed by atoms with Gasteiger partial charge < -0.3 is 35.5 Å². The summed E-state index contributed by atoms with van der Waals surface area (Å²) in [4.78, 5) is 13.7. The van der Waals surface area contributed by atoms with Crippen molar-refractivity contribution in [1.82, 2.24) is 4.90 Å². The molecule has 8 heteroatoms. The van der Waals surface area contributed by atoms with Crippen LogP contribution in [0.2, 0.25) is 0 Å². The molecule has 0 radical (unpaired) electrons. The molecule has 0 saturated heterocycles. The molecule has 0 aromatic heterocycles. The summed E-state index contributed by atoms with van der Waals surface area (Å²) >= 11 is 0. The van der Waals surface area contributed by atoms with Gasteiger partial charge in [-0.2, -0.15) is 0 Å². The number of aliphatic hydroxyl groups excluding tert-OH is 4. The van der Waals surface area contributed by atoms with Crippen molar-refractivity contribution >= 4 is 5.91 Å². The highest BCUT2D eigenvalue weighted by Gasteiger charge is 2.39. The molecule has 0 spiro atoms. The number of likely N-dealkylation sites (N-methyl/N-ethyl adjacent to an activating group) is 1. The lowest BCUT2D eigenvalue weighted by Crippen LogP contribution is -2.38. The van der Waals surface area contributed by atoms with Crippen LogP contribution in [0.25, 0.3) is 0 Å². The number of aromatic hydroxyl groups is 2. The lowest BCUT2D eigenvalue weighted by Gasteiger charge is -2.24. The van der Waals surface area contributed by atoms with Crippen LogP contribution in [0.5, 0.6) is 11.5 Å². The maximum absolute atomic E-state index is 12.4. The summed E-state index contributed by atoms with van der Waals surface area (Å²) in [7, 11) is 1.53. The number of phenolic OH excluding ortho intramolecular Hbond substituents is 2. The molecule has 1 saturated carbocycles. The zero-order chi connectivity index (χ0) is 27.4. The number of allylic oxidation sites excluding steroid dienone is 2. The fraction of sp³-hybridized carbons (Fsp3) is 0.621. The van der Waals surface area contributed by atoms with Gasteiger partial charge in [0.2, 0.25) is 5.91 Å². The quantitative estimate of drug-likeness (QED) is 0.0903. The fourth-order valence-electron chi connectivity index (χ4n) is 4.79. The highest BCUT2D eigenvalue weighted by atomic mass is 16.3. The zero-order valence-corrected chi connectivity index (χ0v) is 22.1. The van der Waals surface area contributed by atoms with Gasteiger partial charge in [0.1, 0.15) is 6.23 Å². The second-order valence-corrected chi connectivity index (χ2v) is 10.2. The van der Waals surface area contributed by atoms with Crippen LogP contribution < -0.4 is 0 Å². The molecule has 1 fully saturated rings. The Labute approximate surface area is 220 Å². The van der Waals surface area contributed by atoms with E-state index in [1.54, 1.807) is 12.1 Å². The van der Waals surface area contributed by atoms with E-state index in [1.165, 1.54) is 24.1 Å². The molecule has 6 atom stereocenters. The number of hydrogen-bond acceptors (Lipinski definition) is 7. The summed E-state index contributed by atoms with van der Waals surface area (Å²) in [5.74, 6) is -1.02. The summed E-state index contributed by atoms with van der Waals surface area (Å²) in [6.45, 7) is 2.12. The van der Waals surface area contributed by atoms with E-state index < -0.39 is 24.5 Å². The Morgan fingerprint density at radius 1 is 1.08 bits per heavy atom. The third-order valence-electron chi connectivity index (χ3n) is 7.21. The zero-order valence-electron chi connectivity index (χ0n) is 22.1. The summed E-state index contributed by atoms with van der Waals surface area (Å²) < 4.78 is 0. The van der Waals surface area contributed by atoms with Crippen molar-refractivity contribution in [2.75, 3.05) is 7.05 Å². The average molecular weight is 520 g/mol. The summed E-state index contributed by atoms with van der Waals surface area (Å²) in [6.07, 6.45) is 11.2. The van der Waals surface area contributed by atoms with Crippen molar-refractivity contribution in [2.24, 2.45) is 11.8 Å². The number of unbranched alkanes of at least 4 members (excludes halogenated alkanes) is 3. The van der Waals surface area contributed by atoms with Crippen LogP contribution in [0.1, 0.15) is 70.3 Å². The van der Waals surface area contributed by atoms with E-state index in [0.717, 1.165) is 19.3 Å². The first kappa shape index (κ1) is 30.8. The van der Waals surface area contributed by atoms with Crippen molar-refractivity contribution in [3.63, 3.8) is 0 Å². The Bertz CT molecular complexity index is 887. The molecule has 1 aliphatic rings. The molecule has 8 nitrogen and oxygen atoms in total. The van der Waals surface area contributed by atoms with Gasteiger partial charge in [0, 0.05) is 32.2 Å². The average Bonchev–Trinajstić information content (AvgIpc) is 3.13. The molecule has 37 heavy (non-hydrogen) atoms. The molecule has 0 heterocycles. The lowest BCUT2D eigenvalue weighted by molar-refractivity contribution is -0.138. The number of nitrogens with zero attached hydrogens (tertiary/aromatic N) is 1. The molecule has 1 amide bonds. The topological polar surface area (TPSA) is 142 Å². The molecule has 1 aromatic carbocycles. The maximum Gasteiger partial charge on any atom is 0.224 e. The summed E-state index contributed by atoms with van der Waals surface area (Å²) in [5.41, 5.74) is 0.601. The van der Waals surface area contributed by atoms with Crippen LogP contribution in [-0.2, 0) is 11.2 Å². The number of rotatable bonds is 15.